The van der Waals surface area contributed by atoms with Gasteiger partial charge in [-0.3, -0.25) is 9.59 Å². The van der Waals surface area contributed by atoms with Crippen molar-refractivity contribution in [2.24, 2.45) is 0 Å². The van der Waals surface area contributed by atoms with E-state index in [1.165, 1.54) is 11.3 Å². The summed E-state index contributed by atoms with van der Waals surface area (Å²) in [6.45, 7) is 4.50. The van der Waals surface area contributed by atoms with Crippen molar-refractivity contribution in [3.05, 3.63) is 34.7 Å². The predicted octanol–water partition coefficient (Wildman–Crippen LogP) is 2.11. The SMILES string of the molecule is CC(=O)N1CCOC(c2c(C(=O)NCCN(C)C)sc3ccccc23)C1. The van der Waals surface area contributed by atoms with Gasteiger partial charge in [-0.1, -0.05) is 18.2 Å². The van der Waals surface area contributed by atoms with Crippen LogP contribution in [0.5, 0.6) is 0 Å². The molecule has 7 heteroatoms. The highest BCUT2D eigenvalue weighted by molar-refractivity contribution is 7.21. The van der Waals surface area contributed by atoms with Gasteiger partial charge in [0.15, 0.2) is 0 Å². The summed E-state index contributed by atoms with van der Waals surface area (Å²) in [7, 11) is 3.95. The second-order valence-electron chi connectivity index (χ2n) is 6.72. The van der Waals surface area contributed by atoms with Crippen molar-refractivity contribution in [3.8, 4) is 0 Å². The third-order valence-corrected chi connectivity index (χ3v) is 5.70. The molecule has 1 aromatic heterocycles. The lowest BCUT2D eigenvalue weighted by Gasteiger charge is -2.32. The van der Waals surface area contributed by atoms with E-state index in [9.17, 15) is 9.59 Å². The smallest absolute Gasteiger partial charge is 0.261 e. The van der Waals surface area contributed by atoms with Gasteiger partial charge in [-0.15, -0.1) is 11.3 Å². The van der Waals surface area contributed by atoms with Gasteiger partial charge in [0.05, 0.1) is 18.0 Å². The molecule has 1 N–H and O–H groups in total. The van der Waals surface area contributed by atoms with Crippen LogP contribution in [0, 0.1) is 0 Å². The Kier molecular flexibility index (Phi) is 5.90. The summed E-state index contributed by atoms with van der Waals surface area (Å²) in [6.07, 6.45) is -0.279. The normalized spacial score (nSPS) is 17.7. The fourth-order valence-electron chi connectivity index (χ4n) is 3.14. The predicted molar refractivity (Wildman–Crippen MR) is 104 cm³/mol. The molecule has 2 amide bonds. The number of fused-ring (bicyclic) bond motifs is 1. The molecule has 0 spiro atoms. The van der Waals surface area contributed by atoms with Crippen molar-refractivity contribution in [2.75, 3.05) is 46.9 Å². The number of nitrogens with one attached hydrogen (secondary N) is 1. The average molecular weight is 375 g/mol. The second kappa shape index (κ2) is 8.16. The van der Waals surface area contributed by atoms with E-state index in [0.717, 1.165) is 22.2 Å². The van der Waals surface area contributed by atoms with Crippen LogP contribution < -0.4 is 5.32 Å². The van der Waals surface area contributed by atoms with Crippen LogP contribution in [0.4, 0.5) is 0 Å². The van der Waals surface area contributed by atoms with Gasteiger partial charge in [-0.05, 0) is 25.5 Å². The molecule has 6 nitrogen and oxygen atoms in total. The highest BCUT2D eigenvalue weighted by Crippen LogP contribution is 2.38. The zero-order valence-electron chi connectivity index (χ0n) is 15.4. The van der Waals surface area contributed by atoms with Crippen LogP contribution in [0.15, 0.2) is 24.3 Å². The van der Waals surface area contributed by atoms with E-state index in [2.05, 4.69) is 5.32 Å². The van der Waals surface area contributed by atoms with E-state index < -0.39 is 0 Å². The van der Waals surface area contributed by atoms with Gasteiger partial charge in [-0.25, -0.2) is 0 Å². The van der Waals surface area contributed by atoms with Gasteiger partial charge in [0.1, 0.15) is 6.10 Å². The Labute approximate surface area is 157 Å². The van der Waals surface area contributed by atoms with Crippen LogP contribution in [-0.4, -0.2) is 68.5 Å². The van der Waals surface area contributed by atoms with Crippen molar-refractivity contribution >= 4 is 33.2 Å². The van der Waals surface area contributed by atoms with Crippen LogP contribution in [-0.2, 0) is 9.53 Å². The first kappa shape index (κ1) is 18.8. The lowest BCUT2D eigenvalue weighted by Crippen LogP contribution is -2.41. The van der Waals surface area contributed by atoms with E-state index in [1.54, 1.807) is 11.8 Å². The minimum absolute atomic E-state index is 0.0369. The Morgan fingerprint density at radius 2 is 2.12 bits per heavy atom. The average Bonchev–Trinajstić information content (AvgIpc) is 3.01. The number of amides is 2. The molecule has 1 aliphatic rings. The van der Waals surface area contributed by atoms with Gasteiger partial charge in [0.2, 0.25) is 5.91 Å². The molecule has 0 aliphatic carbocycles. The van der Waals surface area contributed by atoms with Gasteiger partial charge < -0.3 is 19.9 Å². The van der Waals surface area contributed by atoms with Crippen molar-refractivity contribution in [3.63, 3.8) is 0 Å². The van der Waals surface area contributed by atoms with Crippen LogP contribution >= 0.6 is 11.3 Å². The Bertz CT molecular complexity index is 802. The number of nitrogens with zero attached hydrogens (tertiary/aromatic N) is 2. The zero-order chi connectivity index (χ0) is 18.7. The number of benzene rings is 1. The highest BCUT2D eigenvalue weighted by Gasteiger charge is 2.30. The molecule has 26 heavy (non-hydrogen) atoms. The van der Waals surface area contributed by atoms with Crippen molar-refractivity contribution in [2.45, 2.75) is 13.0 Å². The second-order valence-corrected chi connectivity index (χ2v) is 7.78. The fraction of sp³-hybridized carbons (Fsp3) is 0.474. The molecule has 1 unspecified atom stereocenters. The molecule has 0 bridgehead atoms. The van der Waals surface area contributed by atoms with Crippen molar-refractivity contribution < 1.29 is 14.3 Å². The third-order valence-electron chi connectivity index (χ3n) is 4.52. The Morgan fingerprint density at radius 1 is 1.35 bits per heavy atom. The number of ether oxygens (including phenoxy) is 1. The molecule has 140 valence electrons. The van der Waals surface area contributed by atoms with Gasteiger partial charge >= 0.3 is 0 Å². The lowest BCUT2D eigenvalue weighted by atomic mass is 10.0. The minimum atomic E-state index is -0.279. The first-order valence-corrected chi connectivity index (χ1v) is 9.60. The summed E-state index contributed by atoms with van der Waals surface area (Å²) in [5.41, 5.74) is 0.902. The largest absolute Gasteiger partial charge is 0.370 e. The highest BCUT2D eigenvalue weighted by atomic mass is 32.1. The van der Waals surface area contributed by atoms with E-state index in [4.69, 9.17) is 4.74 Å². The van der Waals surface area contributed by atoms with Crippen molar-refractivity contribution in [1.29, 1.82) is 0 Å². The fourth-order valence-corrected chi connectivity index (χ4v) is 4.31. The molecule has 1 aromatic carbocycles. The number of rotatable bonds is 5. The summed E-state index contributed by atoms with van der Waals surface area (Å²) in [5.74, 6) is -0.0404. The topological polar surface area (TPSA) is 61.9 Å². The minimum Gasteiger partial charge on any atom is -0.370 e. The number of carbonyl (C=O) groups is 2. The number of hydrogen-bond donors (Lipinski definition) is 1. The first-order valence-electron chi connectivity index (χ1n) is 8.79. The standard InChI is InChI=1S/C19H25N3O3S/c1-13(23)22-10-11-25-15(12-22)17-14-6-4-5-7-16(14)26-18(17)19(24)20-8-9-21(2)3/h4-7,15H,8-12H2,1-3H3,(H,20,24). The quantitative estimate of drug-likeness (QED) is 0.870. The zero-order valence-corrected chi connectivity index (χ0v) is 16.3. The Balaban J connectivity index is 1.92. The molecule has 1 saturated heterocycles. The maximum absolute atomic E-state index is 12.8. The van der Waals surface area contributed by atoms with Crippen LogP contribution in [0.1, 0.15) is 28.3 Å². The van der Waals surface area contributed by atoms with Crippen molar-refractivity contribution in [1.82, 2.24) is 15.1 Å². The summed E-state index contributed by atoms with van der Waals surface area (Å²) < 4.78 is 7.03. The van der Waals surface area contributed by atoms with Crippen LogP contribution in [0.3, 0.4) is 0 Å². The molecule has 1 atom stereocenters. The monoisotopic (exact) mass is 375 g/mol. The molecule has 0 saturated carbocycles. The molecular formula is C19H25N3O3S. The van der Waals surface area contributed by atoms with Gasteiger partial charge in [0, 0.05) is 36.8 Å². The third kappa shape index (κ3) is 4.06. The Morgan fingerprint density at radius 3 is 2.85 bits per heavy atom. The van der Waals surface area contributed by atoms with Crippen LogP contribution in [0.25, 0.3) is 10.1 Å². The van der Waals surface area contributed by atoms with Gasteiger partial charge in [-0.2, -0.15) is 0 Å². The van der Waals surface area contributed by atoms with Crippen LogP contribution in [0.2, 0.25) is 0 Å². The van der Waals surface area contributed by atoms with E-state index >= 15 is 0 Å². The molecule has 2 heterocycles. The molecular weight excluding hydrogens is 350 g/mol. The molecule has 3 rings (SSSR count). The first-order chi connectivity index (χ1) is 12.5. The summed E-state index contributed by atoms with van der Waals surface area (Å²) in [4.78, 5) is 29.1. The van der Waals surface area contributed by atoms with E-state index in [1.807, 2.05) is 43.3 Å². The molecule has 1 fully saturated rings. The Hall–Kier alpha value is -1.96. The number of morpholine rings is 1. The van der Waals surface area contributed by atoms with E-state index in [-0.39, 0.29) is 17.9 Å². The number of likely N-dealkylation sites (N-methyl/N-ethyl adjacent to an activating group) is 1. The molecule has 2 aromatic rings. The number of hydrogen-bond acceptors (Lipinski definition) is 5. The summed E-state index contributed by atoms with van der Waals surface area (Å²) >= 11 is 1.49. The van der Waals surface area contributed by atoms with Gasteiger partial charge in [0.25, 0.3) is 5.91 Å². The maximum Gasteiger partial charge on any atom is 0.261 e. The lowest BCUT2D eigenvalue weighted by molar-refractivity contribution is -0.136. The van der Waals surface area contributed by atoms with E-state index in [0.29, 0.717) is 31.1 Å². The molecule has 1 aliphatic heterocycles. The molecule has 0 radical (unpaired) electrons. The number of thiophene rings is 1. The summed E-state index contributed by atoms with van der Waals surface area (Å²) in [6, 6.07) is 7.98. The summed E-state index contributed by atoms with van der Waals surface area (Å²) in [5, 5.41) is 4.03. The maximum atomic E-state index is 12.8. The number of carbonyl (C=O) groups excluding carboxylic acids is 2.